The number of anilines is 1. The van der Waals surface area contributed by atoms with Crippen molar-refractivity contribution in [3.63, 3.8) is 0 Å². The fraction of sp³-hybridized carbons (Fsp3) is 0.545. The number of carbonyl (C=O) groups is 1. The molecule has 0 N–H and O–H groups in total. The van der Waals surface area contributed by atoms with Crippen LogP contribution in [0.2, 0.25) is 0 Å². The fourth-order valence-electron chi connectivity index (χ4n) is 5.19. The summed E-state index contributed by atoms with van der Waals surface area (Å²) >= 11 is 0. The average molecular weight is 423 g/mol. The van der Waals surface area contributed by atoms with E-state index < -0.39 is 0 Å². The molecule has 0 radical (unpaired) electrons. The van der Waals surface area contributed by atoms with Crippen LogP contribution in [0.4, 0.5) is 10.2 Å². The molecule has 3 fully saturated rings. The summed E-state index contributed by atoms with van der Waals surface area (Å²) in [5.41, 5.74) is 2.04. The maximum atomic E-state index is 14.9. The third-order valence-corrected chi connectivity index (χ3v) is 6.88. The highest BCUT2D eigenvalue weighted by molar-refractivity contribution is 5.83. The summed E-state index contributed by atoms with van der Waals surface area (Å²) in [5.74, 6) is 1.11. The largest absolute Gasteiger partial charge is 0.351 e. The van der Waals surface area contributed by atoms with Crippen LogP contribution in [0.25, 0.3) is 16.6 Å². The molecule has 2 saturated heterocycles. The number of hydrogen-bond acceptors (Lipinski definition) is 5. The minimum absolute atomic E-state index is 0.0498. The lowest BCUT2D eigenvalue weighted by Crippen LogP contribution is -2.56. The Balaban J connectivity index is 1.33. The Morgan fingerprint density at radius 2 is 1.87 bits per heavy atom. The van der Waals surface area contributed by atoms with Crippen molar-refractivity contribution in [3.8, 4) is 11.1 Å². The second-order valence-electron chi connectivity index (χ2n) is 9.34. The normalized spacial score (nSPS) is 23.4. The molecule has 3 aromatic heterocycles. The summed E-state index contributed by atoms with van der Waals surface area (Å²) in [6, 6.07) is 2.38. The maximum Gasteiger partial charge on any atom is 0.226 e. The van der Waals surface area contributed by atoms with Gasteiger partial charge in [-0.05, 0) is 45.6 Å². The zero-order valence-corrected chi connectivity index (χ0v) is 17.8. The second kappa shape index (κ2) is 6.77. The number of piperazine rings is 1. The maximum absolute atomic E-state index is 14.9. The molecule has 0 aromatic carbocycles. The van der Waals surface area contributed by atoms with Crippen LogP contribution in [0, 0.1) is 11.9 Å². The Labute approximate surface area is 179 Å². The molecule has 2 unspecified atom stereocenters. The molecular weight excluding hydrogens is 397 g/mol. The second-order valence-corrected chi connectivity index (χ2v) is 9.34. The van der Waals surface area contributed by atoms with Gasteiger partial charge in [-0.1, -0.05) is 0 Å². The number of carbonyl (C=O) groups excluding carboxylic acids is 1. The van der Waals surface area contributed by atoms with Crippen molar-refractivity contribution in [1.82, 2.24) is 29.3 Å². The first kappa shape index (κ1) is 18.8. The summed E-state index contributed by atoms with van der Waals surface area (Å²) in [4.78, 5) is 21.8. The highest BCUT2D eigenvalue weighted by Crippen LogP contribution is 2.39. The van der Waals surface area contributed by atoms with Gasteiger partial charge in [0.1, 0.15) is 11.8 Å². The highest BCUT2D eigenvalue weighted by atomic mass is 19.1. The average Bonchev–Trinajstić information content (AvgIpc) is 3.31. The Morgan fingerprint density at radius 3 is 2.52 bits per heavy atom. The highest BCUT2D eigenvalue weighted by Gasteiger charge is 2.46. The molecule has 1 amide bonds. The third kappa shape index (κ3) is 2.93. The summed E-state index contributed by atoms with van der Waals surface area (Å²) in [5, 5.41) is 8.54. The Kier molecular flexibility index (Phi) is 4.10. The van der Waals surface area contributed by atoms with E-state index in [1.54, 1.807) is 17.0 Å². The van der Waals surface area contributed by atoms with Crippen LogP contribution in [0.15, 0.2) is 24.8 Å². The number of nitrogens with zero attached hydrogens (tertiary/aromatic N) is 7. The van der Waals surface area contributed by atoms with Crippen molar-refractivity contribution >= 4 is 17.2 Å². The predicted molar refractivity (Wildman–Crippen MR) is 113 cm³/mol. The Morgan fingerprint density at radius 1 is 1.13 bits per heavy atom. The van der Waals surface area contributed by atoms with Gasteiger partial charge >= 0.3 is 0 Å². The van der Waals surface area contributed by atoms with Crippen LogP contribution in [-0.2, 0) is 4.79 Å². The molecule has 1 aliphatic carbocycles. The molecule has 8 nitrogen and oxygen atoms in total. The standard InChI is InChI=1S/C22H26FN7O/c1-13(2)30-20(23)18(8-25-30)15-7-19-21(24-12-26-28(19)9-15)27-10-16-5-6-17(11-27)29(16)22(31)14-3-4-14/h7-9,12-14,16-17H,3-6,10-11H2,1-2H3. The Bertz CT molecular complexity index is 1150. The number of aromatic nitrogens is 5. The van der Waals surface area contributed by atoms with E-state index in [-0.39, 0.29) is 30.0 Å². The molecule has 5 heterocycles. The summed E-state index contributed by atoms with van der Waals surface area (Å²) in [7, 11) is 0. The molecule has 3 aliphatic rings. The molecule has 2 atom stereocenters. The van der Waals surface area contributed by atoms with Gasteiger partial charge in [0.2, 0.25) is 11.9 Å². The lowest BCUT2D eigenvalue weighted by molar-refractivity contribution is -0.135. The van der Waals surface area contributed by atoms with Crippen molar-refractivity contribution < 1.29 is 9.18 Å². The molecular formula is C22H26FN7O. The van der Waals surface area contributed by atoms with Gasteiger partial charge in [0.25, 0.3) is 0 Å². The number of amides is 1. The quantitative estimate of drug-likeness (QED) is 0.645. The van der Waals surface area contributed by atoms with Crippen LogP contribution in [0.5, 0.6) is 0 Å². The van der Waals surface area contributed by atoms with Crippen molar-refractivity contribution in [3.05, 3.63) is 30.7 Å². The number of fused-ring (bicyclic) bond motifs is 3. The smallest absolute Gasteiger partial charge is 0.226 e. The monoisotopic (exact) mass is 423 g/mol. The van der Waals surface area contributed by atoms with E-state index in [4.69, 9.17) is 0 Å². The van der Waals surface area contributed by atoms with Crippen LogP contribution in [0.3, 0.4) is 0 Å². The van der Waals surface area contributed by atoms with Gasteiger partial charge in [-0.15, -0.1) is 0 Å². The molecule has 3 aromatic rings. The van der Waals surface area contributed by atoms with Crippen molar-refractivity contribution in [2.75, 3.05) is 18.0 Å². The van der Waals surface area contributed by atoms with Crippen LogP contribution >= 0.6 is 0 Å². The first-order chi connectivity index (χ1) is 15.0. The minimum atomic E-state index is -0.342. The van der Waals surface area contributed by atoms with Gasteiger partial charge in [0.05, 0.1) is 11.8 Å². The zero-order valence-electron chi connectivity index (χ0n) is 17.8. The third-order valence-electron chi connectivity index (χ3n) is 6.88. The van der Waals surface area contributed by atoms with Gasteiger partial charge in [-0.25, -0.2) is 14.2 Å². The first-order valence-corrected chi connectivity index (χ1v) is 11.1. The summed E-state index contributed by atoms with van der Waals surface area (Å²) in [6.07, 6.45) is 9.12. The van der Waals surface area contributed by atoms with Gasteiger partial charge in [-0.3, -0.25) is 4.79 Å². The van der Waals surface area contributed by atoms with Crippen molar-refractivity contribution in [2.24, 2.45) is 5.92 Å². The van der Waals surface area contributed by atoms with Crippen LogP contribution in [0.1, 0.15) is 45.6 Å². The van der Waals surface area contributed by atoms with Gasteiger partial charge in [0, 0.05) is 48.9 Å². The van der Waals surface area contributed by atoms with E-state index in [0.29, 0.717) is 11.5 Å². The molecule has 2 bridgehead atoms. The van der Waals surface area contributed by atoms with E-state index in [1.165, 1.54) is 4.68 Å². The molecule has 9 heteroatoms. The van der Waals surface area contributed by atoms with E-state index in [9.17, 15) is 9.18 Å². The first-order valence-electron chi connectivity index (χ1n) is 11.1. The molecule has 6 rings (SSSR count). The van der Waals surface area contributed by atoms with Gasteiger partial charge < -0.3 is 9.80 Å². The summed E-state index contributed by atoms with van der Waals surface area (Å²) < 4.78 is 18.0. The zero-order chi connectivity index (χ0) is 21.3. The molecule has 2 aliphatic heterocycles. The SMILES string of the molecule is CC(C)n1ncc(-c2cc3c(N4CC5CCC(C4)N5C(=O)C4CC4)ncnn3c2)c1F. The number of hydrogen-bond donors (Lipinski definition) is 0. The molecule has 31 heavy (non-hydrogen) atoms. The van der Waals surface area contributed by atoms with E-state index in [2.05, 4.69) is 25.0 Å². The van der Waals surface area contributed by atoms with E-state index in [0.717, 1.165) is 55.7 Å². The van der Waals surface area contributed by atoms with Crippen molar-refractivity contribution in [2.45, 2.75) is 57.7 Å². The molecule has 1 saturated carbocycles. The lowest BCUT2D eigenvalue weighted by Gasteiger charge is -2.41. The van der Waals surface area contributed by atoms with Crippen molar-refractivity contribution in [1.29, 1.82) is 0 Å². The minimum Gasteiger partial charge on any atom is -0.351 e. The topological polar surface area (TPSA) is 71.6 Å². The van der Waals surface area contributed by atoms with Crippen LogP contribution in [-0.4, -0.2) is 60.4 Å². The summed E-state index contributed by atoms with van der Waals surface area (Å²) in [6.45, 7) is 5.37. The van der Waals surface area contributed by atoms with E-state index in [1.807, 2.05) is 26.1 Å². The Hall–Kier alpha value is -2.97. The number of rotatable bonds is 4. The van der Waals surface area contributed by atoms with Gasteiger partial charge in [-0.2, -0.15) is 14.6 Å². The molecule has 0 spiro atoms. The predicted octanol–water partition coefficient (Wildman–Crippen LogP) is 2.90. The van der Waals surface area contributed by atoms with Crippen LogP contribution < -0.4 is 4.90 Å². The van der Waals surface area contributed by atoms with E-state index >= 15 is 0 Å². The fourth-order valence-corrected chi connectivity index (χ4v) is 5.19. The number of halogens is 1. The molecule has 162 valence electrons. The van der Waals surface area contributed by atoms with Gasteiger partial charge in [0.15, 0.2) is 5.82 Å². The lowest BCUT2D eigenvalue weighted by atomic mass is 10.1.